The molecule has 2 heterocycles. The van der Waals surface area contributed by atoms with E-state index in [1.54, 1.807) is 17.3 Å². The van der Waals surface area contributed by atoms with Crippen LogP contribution in [0, 0.1) is 5.92 Å². The zero-order valence-corrected chi connectivity index (χ0v) is 17.2. The molecule has 27 heavy (non-hydrogen) atoms. The molecule has 1 saturated heterocycles. The summed E-state index contributed by atoms with van der Waals surface area (Å²) >= 11 is 0. The van der Waals surface area contributed by atoms with Crippen molar-refractivity contribution in [1.29, 1.82) is 0 Å². The van der Waals surface area contributed by atoms with Gasteiger partial charge in [0.2, 0.25) is 5.95 Å². The van der Waals surface area contributed by atoms with Gasteiger partial charge in [0.15, 0.2) is 5.78 Å². The maximum atomic E-state index is 12.5. The summed E-state index contributed by atoms with van der Waals surface area (Å²) in [5.41, 5.74) is 0.0832. The lowest BCUT2D eigenvalue weighted by Gasteiger charge is -2.35. The van der Waals surface area contributed by atoms with Crippen LogP contribution in [0.2, 0.25) is 0 Å². The summed E-state index contributed by atoms with van der Waals surface area (Å²) in [5.74, 6) is 0.765. The highest BCUT2D eigenvalue weighted by atomic mass is 16.6. The fourth-order valence-corrected chi connectivity index (χ4v) is 3.13. The first kappa shape index (κ1) is 21.1. The summed E-state index contributed by atoms with van der Waals surface area (Å²) in [4.78, 5) is 37.2. The summed E-state index contributed by atoms with van der Waals surface area (Å²) < 4.78 is 5.41. The van der Waals surface area contributed by atoms with E-state index in [9.17, 15) is 9.59 Å². The van der Waals surface area contributed by atoms with Crippen LogP contribution in [0.4, 0.5) is 10.7 Å². The largest absolute Gasteiger partial charge is 0.444 e. The van der Waals surface area contributed by atoms with Crippen molar-refractivity contribution in [2.45, 2.75) is 59.5 Å². The molecule has 7 nitrogen and oxygen atoms in total. The van der Waals surface area contributed by atoms with E-state index in [4.69, 9.17) is 4.74 Å². The Hall–Kier alpha value is -2.18. The lowest BCUT2D eigenvalue weighted by atomic mass is 9.93. The summed E-state index contributed by atoms with van der Waals surface area (Å²) in [6.45, 7) is 12.1. The molecule has 0 aromatic carbocycles. The quantitative estimate of drug-likeness (QED) is 0.707. The molecule has 1 aliphatic rings. The molecule has 0 saturated carbocycles. The fraction of sp³-hybridized carbons (Fsp3) is 0.700. The van der Waals surface area contributed by atoms with Crippen molar-refractivity contribution in [3.8, 4) is 0 Å². The Bertz CT molecular complexity index is 632. The Labute approximate surface area is 162 Å². The van der Waals surface area contributed by atoms with Crippen LogP contribution in [0.1, 0.15) is 64.2 Å². The number of hydrogen-bond donors (Lipinski definition) is 0. The van der Waals surface area contributed by atoms with Crippen molar-refractivity contribution in [2.75, 3.05) is 31.1 Å². The van der Waals surface area contributed by atoms with E-state index in [0.29, 0.717) is 37.7 Å². The number of Topliss-reactive ketones (excluding diaryl/α,β-unsaturated/α-hetero) is 1. The first-order valence-corrected chi connectivity index (χ1v) is 9.84. The van der Waals surface area contributed by atoms with Gasteiger partial charge < -0.3 is 14.5 Å². The van der Waals surface area contributed by atoms with Crippen LogP contribution < -0.4 is 4.90 Å². The normalized spacial score (nSPS) is 16.2. The highest BCUT2D eigenvalue weighted by Gasteiger charge is 2.27. The minimum atomic E-state index is -0.492. The summed E-state index contributed by atoms with van der Waals surface area (Å²) in [6, 6.07) is 0. The van der Waals surface area contributed by atoms with E-state index >= 15 is 0 Å². The number of amides is 1. The van der Waals surface area contributed by atoms with Crippen LogP contribution >= 0.6 is 0 Å². The number of piperazine rings is 1. The molecule has 0 spiro atoms. The molecule has 0 bridgehead atoms. The van der Waals surface area contributed by atoms with Gasteiger partial charge >= 0.3 is 6.09 Å². The van der Waals surface area contributed by atoms with Gasteiger partial charge in [-0.2, -0.15) is 0 Å². The Morgan fingerprint density at radius 1 is 1.11 bits per heavy atom. The van der Waals surface area contributed by atoms with Gasteiger partial charge in [-0.3, -0.25) is 4.79 Å². The second-order valence-electron chi connectivity index (χ2n) is 7.98. The Kier molecular flexibility index (Phi) is 7.16. The molecule has 150 valence electrons. The maximum Gasteiger partial charge on any atom is 0.410 e. The topological polar surface area (TPSA) is 75.6 Å². The van der Waals surface area contributed by atoms with Gasteiger partial charge in [0, 0.05) is 44.5 Å². The Morgan fingerprint density at radius 2 is 1.70 bits per heavy atom. The van der Waals surface area contributed by atoms with Gasteiger partial charge in [-0.05, 0) is 33.6 Å². The molecule has 1 fully saturated rings. The number of rotatable bonds is 6. The third kappa shape index (κ3) is 5.91. The van der Waals surface area contributed by atoms with E-state index in [1.165, 1.54) is 0 Å². The minimum absolute atomic E-state index is 0.0434. The summed E-state index contributed by atoms with van der Waals surface area (Å²) in [6.07, 6.45) is 5.69. The smallest absolute Gasteiger partial charge is 0.410 e. The molecule has 1 aliphatic heterocycles. The molecule has 1 atom stereocenters. The molecule has 2 rings (SSSR count). The van der Waals surface area contributed by atoms with Gasteiger partial charge in [-0.15, -0.1) is 0 Å². The molecular weight excluding hydrogens is 344 g/mol. The van der Waals surface area contributed by atoms with Crippen molar-refractivity contribution in [3.05, 3.63) is 18.0 Å². The Morgan fingerprint density at radius 3 is 2.19 bits per heavy atom. The van der Waals surface area contributed by atoms with E-state index in [1.807, 2.05) is 32.6 Å². The molecule has 1 aromatic rings. The second-order valence-corrected chi connectivity index (χ2v) is 7.98. The zero-order chi connectivity index (χ0) is 20.0. The number of nitrogens with zero attached hydrogens (tertiary/aromatic N) is 4. The standard InChI is InChI=1S/C20H32N4O3/c1-6-8-15(7-2)17(25)16-13-21-18(22-14-16)23-9-11-24(12-10-23)19(26)27-20(3,4)5/h13-15H,6-12H2,1-5H3. The van der Waals surface area contributed by atoms with Crippen molar-refractivity contribution < 1.29 is 14.3 Å². The SMILES string of the molecule is CCCC(CC)C(=O)c1cnc(N2CCN(C(=O)OC(C)(C)C)CC2)nc1. The van der Waals surface area contributed by atoms with Gasteiger partial charge in [0.25, 0.3) is 0 Å². The van der Waals surface area contributed by atoms with Crippen molar-refractivity contribution in [2.24, 2.45) is 5.92 Å². The average molecular weight is 377 g/mol. The van der Waals surface area contributed by atoms with Gasteiger partial charge in [0.05, 0.1) is 5.56 Å². The monoisotopic (exact) mass is 376 g/mol. The number of aromatic nitrogens is 2. The van der Waals surface area contributed by atoms with Gasteiger partial charge in [-0.25, -0.2) is 14.8 Å². The second kappa shape index (κ2) is 9.15. The predicted octanol–water partition coefficient (Wildman–Crippen LogP) is 3.54. The molecule has 0 radical (unpaired) electrons. The summed E-state index contributed by atoms with van der Waals surface area (Å²) in [7, 11) is 0. The molecule has 0 N–H and O–H groups in total. The van der Waals surface area contributed by atoms with Crippen LogP contribution in [0.25, 0.3) is 0 Å². The molecule has 1 aromatic heterocycles. The highest BCUT2D eigenvalue weighted by Crippen LogP contribution is 2.19. The third-order valence-electron chi connectivity index (χ3n) is 4.64. The lowest BCUT2D eigenvalue weighted by Crippen LogP contribution is -2.50. The molecule has 0 aliphatic carbocycles. The number of ether oxygens (including phenoxy) is 1. The molecule has 1 amide bonds. The van der Waals surface area contributed by atoms with E-state index < -0.39 is 5.60 Å². The molecule has 1 unspecified atom stereocenters. The van der Waals surface area contributed by atoms with Crippen LogP contribution in [-0.4, -0.2) is 58.5 Å². The average Bonchev–Trinajstić information content (AvgIpc) is 2.64. The predicted molar refractivity (Wildman–Crippen MR) is 105 cm³/mol. The first-order chi connectivity index (χ1) is 12.7. The maximum absolute atomic E-state index is 12.5. The van der Waals surface area contributed by atoms with E-state index in [2.05, 4.69) is 16.9 Å². The number of carbonyl (C=O) groups excluding carboxylic acids is 2. The Balaban J connectivity index is 1.93. The lowest BCUT2D eigenvalue weighted by molar-refractivity contribution is 0.0240. The molecular formula is C20H32N4O3. The zero-order valence-electron chi connectivity index (χ0n) is 17.2. The summed E-state index contributed by atoms with van der Waals surface area (Å²) in [5, 5.41) is 0. The van der Waals surface area contributed by atoms with Crippen molar-refractivity contribution in [1.82, 2.24) is 14.9 Å². The molecule has 7 heteroatoms. The van der Waals surface area contributed by atoms with Crippen LogP contribution in [-0.2, 0) is 4.74 Å². The van der Waals surface area contributed by atoms with Gasteiger partial charge in [-0.1, -0.05) is 20.3 Å². The minimum Gasteiger partial charge on any atom is -0.444 e. The number of ketones is 1. The third-order valence-corrected chi connectivity index (χ3v) is 4.64. The van der Waals surface area contributed by atoms with Crippen LogP contribution in [0.15, 0.2) is 12.4 Å². The van der Waals surface area contributed by atoms with Crippen LogP contribution in [0.3, 0.4) is 0 Å². The highest BCUT2D eigenvalue weighted by molar-refractivity contribution is 5.97. The van der Waals surface area contributed by atoms with Gasteiger partial charge in [0.1, 0.15) is 5.60 Å². The van der Waals surface area contributed by atoms with E-state index in [-0.39, 0.29) is 17.8 Å². The van der Waals surface area contributed by atoms with Crippen molar-refractivity contribution >= 4 is 17.8 Å². The number of anilines is 1. The van der Waals surface area contributed by atoms with E-state index in [0.717, 1.165) is 19.3 Å². The first-order valence-electron chi connectivity index (χ1n) is 9.84. The number of hydrogen-bond acceptors (Lipinski definition) is 6. The van der Waals surface area contributed by atoms with Crippen LogP contribution in [0.5, 0.6) is 0 Å². The van der Waals surface area contributed by atoms with Crippen molar-refractivity contribution in [3.63, 3.8) is 0 Å². The number of carbonyl (C=O) groups is 2. The fourth-order valence-electron chi connectivity index (χ4n) is 3.13.